The molecule has 1 aliphatic rings. The van der Waals surface area contributed by atoms with Gasteiger partial charge in [0.15, 0.2) is 0 Å². The Bertz CT molecular complexity index is 749. The highest BCUT2D eigenvalue weighted by Gasteiger charge is 2.28. The van der Waals surface area contributed by atoms with E-state index in [0.717, 1.165) is 17.8 Å². The number of nitrogens with zero attached hydrogens (tertiary/aromatic N) is 3. The van der Waals surface area contributed by atoms with Crippen molar-refractivity contribution in [2.75, 3.05) is 26.2 Å². The third-order valence-corrected chi connectivity index (χ3v) is 4.72. The fourth-order valence-corrected chi connectivity index (χ4v) is 3.44. The molecule has 2 heterocycles. The van der Waals surface area contributed by atoms with Crippen LogP contribution in [0.3, 0.4) is 0 Å². The zero-order valence-electron chi connectivity index (χ0n) is 16.6. The lowest BCUT2D eigenvalue weighted by molar-refractivity contribution is -0.132. The third-order valence-electron chi connectivity index (χ3n) is 4.72. The summed E-state index contributed by atoms with van der Waals surface area (Å²) in [6.45, 7) is 7.69. The van der Waals surface area contributed by atoms with E-state index in [1.54, 1.807) is 18.3 Å². The highest BCUT2D eigenvalue weighted by Crippen LogP contribution is 2.16. The highest BCUT2D eigenvalue weighted by atomic mass is 16.5. The van der Waals surface area contributed by atoms with E-state index in [0.29, 0.717) is 38.7 Å². The molecule has 1 atom stereocenters. The molecule has 1 saturated heterocycles. The lowest BCUT2D eigenvalue weighted by atomic mass is 10.2. The van der Waals surface area contributed by atoms with Crippen molar-refractivity contribution in [1.82, 2.24) is 14.8 Å². The number of aromatic hydroxyl groups is 1. The van der Waals surface area contributed by atoms with Gasteiger partial charge >= 0.3 is 0 Å². The summed E-state index contributed by atoms with van der Waals surface area (Å²) < 4.78 is 6.16. The Morgan fingerprint density at radius 2 is 1.96 bits per heavy atom. The molecule has 1 amide bonds. The average Bonchev–Trinajstić information content (AvgIpc) is 2.81. The van der Waals surface area contributed by atoms with E-state index < -0.39 is 0 Å². The first-order chi connectivity index (χ1) is 13.5. The molecule has 0 bridgehead atoms. The molecule has 0 radical (unpaired) electrons. The molecule has 1 aliphatic heterocycles. The summed E-state index contributed by atoms with van der Waals surface area (Å²) in [7, 11) is 0. The first-order valence-corrected chi connectivity index (χ1v) is 9.79. The maximum atomic E-state index is 12.8. The van der Waals surface area contributed by atoms with Gasteiger partial charge in [0.25, 0.3) is 0 Å². The van der Waals surface area contributed by atoms with Crippen molar-refractivity contribution in [3.63, 3.8) is 0 Å². The summed E-state index contributed by atoms with van der Waals surface area (Å²) in [4.78, 5) is 21.2. The van der Waals surface area contributed by atoms with Gasteiger partial charge < -0.3 is 14.7 Å². The molecule has 1 aromatic carbocycles. The quantitative estimate of drug-likeness (QED) is 0.796. The molecular formula is C22H29N3O3. The molecule has 1 fully saturated rings. The van der Waals surface area contributed by atoms with Gasteiger partial charge in [-0.25, -0.2) is 0 Å². The van der Waals surface area contributed by atoms with E-state index in [9.17, 15) is 9.90 Å². The second-order valence-corrected chi connectivity index (χ2v) is 7.78. The molecule has 0 aliphatic carbocycles. The van der Waals surface area contributed by atoms with Crippen LogP contribution in [0.15, 0.2) is 48.7 Å². The number of phenolic OH excluding ortho intramolecular Hbond substituents is 1. The SMILES string of the molecule is CC(C)CN1CC(OCc2ccccn2)CN(Cc2ccc(O)cc2)CC1=O. The number of benzene rings is 1. The van der Waals surface area contributed by atoms with Crippen molar-refractivity contribution >= 4 is 5.91 Å². The lowest BCUT2D eigenvalue weighted by Gasteiger charge is -2.26. The van der Waals surface area contributed by atoms with E-state index in [2.05, 4.69) is 23.7 Å². The van der Waals surface area contributed by atoms with Crippen molar-refractivity contribution in [2.24, 2.45) is 5.92 Å². The summed E-state index contributed by atoms with van der Waals surface area (Å²) in [5.74, 6) is 0.788. The van der Waals surface area contributed by atoms with E-state index >= 15 is 0 Å². The number of hydrogen-bond donors (Lipinski definition) is 1. The predicted molar refractivity (Wildman–Crippen MR) is 108 cm³/mol. The summed E-state index contributed by atoms with van der Waals surface area (Å²) >= 11 is 0. The normalized spacial score (nSPS) is 18.5. The number of phenols is 1. The van der Waals surface area contributed by atoms with Crippen LogP contribution in [-0.2, 0) is 22.7 Å². The molecule has 1 N–H and O–H groups in total. The van der Waals surface area contributed by atoms with Crippen LogP contribution in [0.2, 0.25) is 0 Å². The predicted octanol–water partition coefficient (Wildman–Crippen LogP) is 2.67. The smallest absolute Gasteiger partial charge is 0.236 e. The van der Waals surface area contributed by atoms with Crippen LogP contribution in [0.25, 0.3) is 0 Å². The molecule has 6 heteroatoms. The molecule has 0 spiro atoms. The number of rotatable bonds is 7. The molecular weight excluding hydrogens is 354 g/mol. The molecule has 6 nitrogen and oxygen atoms in total. The van der Waals surface area contributed by atoms with Gasteiger partial charge in [-0.1, -0.05) is 32.0 Å². The van der Waals surface area contributed by atoms with Crippen LogP contribution in [-0.4, -0.2) is 58.1 Å². The van der Waals surface area contributed by atoms with Crippen molar-refractivity contribution < 1.29 is 14.6 Å². The molecule has 1 aromatic heterocycles. The lowest BCUT2D eigenvalue weighted by Crippen LogP contribution is -2.40. The topological polar surface area (TPSA) is 65.9 Å². The van der Waals surface area contributed by atoms with E-state index in [4.69, 9.17) is 4.74 Å². The van der Waals surface area contributed by atoms with Gasteiger partial charge in [0.05, 0.1) is 24.9 Å². The Morgan fingerprint density at radius 3 is 2.64 bits per heavy atom. The third kappa shape index (κ3) is 6.04. The summed E-state index contributed by atoms with van der Waals surface area (Å²) in [6, 6.07) is 12.9. The molecule has 2 aromatic rings. The molecule has 28 heavy (non-hydrogen) atoms. The van der Waals surface area contributed by atoms with E-state index in [1.807, 2.05) is 35.2 Å². The van der Waals surface area contributed by atoms with Gasteiger partial charge in [-0.2, -0.15) is 0 Å². The maximum Gasteiger partial charge on any atom is 0.236 e. The average molecular weight is 383 g/mol. The van der Waals surface area contributed by atoms with Crippen molar-refractivity contribution in [3.8, 4) is 5.75 Å². The van der Waals surface area contributed by atoms with Gasteiger partial charge in [-0.15, -0.1) is 0 Å². The summed E-state index contributed by atoms with van der Waals surface area (Å²) in [5.41, 5.74) is 1.95. The summed E-state index contributed by atoms with van der Waals surface area (Å²) in [6.07, 6.45) is 1.68. The Labute approximate surface area is 166 Å². The number of pyridine rings is 1. The minimum Gasteiger partial charge on any atom is -0.508 e. The Kier molecular flexibility index (Phi) is 7.01. The zero-order chi connectivity index (χ0) is 19.9. The van der Waals surface area contributed by atoms with Crippen LogP contribution < -0.4 is 0 Å². The molecule has 1 unspecified atom stereocenters. The Morgan fingerprint density at radius 1 is 1.18 bits per heavy atom. The molecule has 3 rings (SSSR count). The standard InChI is InChI=1S/C22H29N3O3/c1-17(2)11-25-14-21(28-16-19-5-3-4-10-23-19)13-24(15-22(25)27)12-18-6-8-20(26)9-7-18/h3-10,17,21,26H,11-16H2,1-2H3. The van der Waals surface area contributed by atoms with Gasteiger partial charge in [0.2, 0.25) is 5.91 Å². The zero-order valence-corrected chi connectivity index (χ0v) is 16.6. The largest absolute Gasteiger partial charge is 0.508 e. The molecule has 0 saturated carbocycles. The monoisotopic (exact) mass is 383 g/mol. The second-order valence-electron chi connectivity index (χ2n) is 7.78. The van der Waals surface area contributed by atoms with Crippen LogP contribution >= 0.6 is 0 Å². The number of carbonyl (C=O) groups excluding carboxylic acids is 1. The van der Waals surface area contributed by atoms with E-state index in [-0.39, 0.29) is 17.8 Å². The van der Waals surface area contributed by atoms with E-state index in [1.165, 1.54) is 0 Å². The first-order valence-electron chi connectivity index (χ1n) is 9.79. The highest BCUT2D eigenvalue weighted by molar-refractivity contribution is 5.78. The first kappa shape index (κ1) is 20.3. The van der Waals surface area contributed by atoms with Crippen LogP contribution in [0.5, 0.6) is 5.75 Å². The fraction of sp³-hybridized carbons (Fsp3) is 0.455. The Balaban J connectivity index is 1.69. The van der Waals surface area contributed by atoms with Crippen molar-refractivity contribution in [2.45, 2.75) is 33.1 Å². The Hall–Kier alpha value is -2.44. The number of ether oxygens (including phenoxy) is 1. The van der Waals surface area contributed by atoms with Gasteiger partial charge in [-0.3, -0.25) is 14.7 Å². The van der Waals surface area contributed by atoms with Crippen LogP contribution in [0.1, 0.15) is 25.1 Å². The van der Waals surface area contributed by atoms with Crippen molar-refractivity contribution in [3.05, 3.63) is 59.9 Å². The second kappa shape index (κ2) is 9.66. The minimum atomic E-state index is -0.0793. The summed E-state index contributed by atoms with van der Waals surface area (Å²) in [5, 5.41) is 9.49. The number of carbonyl (C=O) groups is 1. The number of amides is 1. The number of aromatic nitrogens is 1. The number of hydrogen-bond acceptors (Lipinski definition) is 5. The van der Waals surface area contributed by atoms with Crippen LogP contribution in [0.4, 0.5) is 0 Å². The van der Waals surface area contributed by atoms with Gasteiger partial charge in [0.1, 0.15) is 5.75 Å². The molecule has 150 valence electrons. The van der Waals surface area contributed by atoms with Gasteiger partial charge in [-0.05, 0) is 35.7 Å². The maximum absolute atomic E-state index is 12.8. The van der Waals surface area contributed by atoms with Crippen LogP contribution in [0, 0.1) is 5.92 Å². The van der Waals surface area contributed by atoms with Gasteiger partial charge in [0, 0.05) is 32.4 Å². The van der Waals surface area contributed by atoms with Crippen molar-refractivity contribution in [1.29, 1.82) is 0 Å². The fourth-order valence-electron chi connectivity index (χ4n) is 3.44. The minimum absolute atomic E-state index is 0.0793.